The lowest BCUT2D eigenvalue weighted by Crippen LogP contribution is -2.51. The van der Waals surface area contributed by atoms with Gasteiger partial charge in [0.1, 0.15) is 11.4 Å². The van der Waals surface area contributed by atoms with Crippen LogP contribution in [0.5, 0.6) is 0 Å². The Morgan fingerprint density at radius 3 is 2.79 bits per heavy atom. The third-order valence-corrected chi connectivity index (χ3v) is 4.11. The van der Waals surface area contributed by atoms with Crippen LogP contribution >= 0.6 is 0 Å². The zero-order valence-electron chi connectivity index (χ0n) is 11.6. The molecule has 0 aromatic heterocycles. The van der Waals surface area contributed by atoms with Gasteiger partial charge in [-0.25, -0.2) is 4.39 Å². The molecule has 0 aliphatic heterocycles. The third kappa shape index (κ3) is 2.37. The van der Waals surface area contributed by atoms with E-state index in [-0.39, 0.29) is 11.9 Å². The number of nitrogens with zero attached hydrogens (tertiary/aromatic N) is 1. The van der Waals surface area contributed by atoms with Crippen molar-refractivity contribution in [1.82, 2.24) is 4.90 Å². The molecule has 1 aliphatic rings. The quantitative estimate of drug-likeness (QED) is 0.909. The lowest BCUT2D eigenvalue weighted by Gasteiger charge is -2.39. The molecule has 0 amide bonds. The molecule has 1 atom stereocenters. The fourth-order valence-electron chi connectivity index (χ4n) is 3.02. The van der Waals surface area contributed by atoms with Crippen molar-refractivity contribution in [2.75, 3.05) is 6.54 Å². The van der Waals surface area contributed by atoms with Crippen molar-refractivity contribution < 1.29 is 14.3 Å². The summed E-state index contributed by atoms with van der Waals surface area (Å²) in [5, 5.41) is 9.39. The second-order valence-electron chi connectivity index (χ2n) is 5.55. The average molecular weight is 265 g/mol. The van der Waals surface area contributed by atoms with Crippen molar-refractivity contribution in [3.05, 3.63) is 35.1 Å². The van der Waals surface area contributed by atoms with E-state index in [0.717, 1.165) is 24.0 Å². The Labute approximate surface area is 113 Å². The van der Waals surface area contributed by atoms with Gasteiger partial charge in [-0.15, -0.1) is 0 Å². The Kier molecular flexibility index (Phi) is 3.63. The number of carboxylic acids is 1. The average Bonchev–Trinajstić information content (AvgIpc) is 2.72. The van der Waals surface area contributed by atoms with Crippen molar-refractivity contribution in [1.29, 1.82) is 0 Å². The minimum absolute atomic E-state index is 0.0618. The summed E-state index contributed by atoms with van der Waals surface area (Å²) in [6, 6.07) is 4.88. The summed E-state index contributed by atoms with van der Waals surface area (Å²) < 4.78 is 13.2. The van der Waals surface area contributed by atoms with Gasteiger partial charge in [0.15, 0.2) is 0 Å². The molecule has 104 valence electrons. The van der Waals surface area contributed by atoms with Crippen LogP contribution < -0.4 is 0 Å². The van der Waals surface area contributed by atoms with Crippen LogP contribution in [-0.4, -0.2) is 28.1 Å². The first-order chi connectivity index (χ1) is 8.87. The Balaban J connectivity index is 2.36. The maximum atomic E-state index is 13.2. The molecule has 3 nitrogen and oxygen atoms in total. The Bertz CT molecular complexity index is 499. The molecule has 0 saturated heterocycles. The summed E-state index contributed by atoms with van der Waals surface area (Å²) in [6.45, 7) is 6.06. The van der Waals surface area contributed by atoms with E-state index < -0.39 is 11.5 Å². The van der Waals surface area contributed by atoms with E-state index in [1.54, 1.807) is 26.0 Å². The van der Waals surface area contributed by atoms with Crippen LogP contribution in [0, 0.1) is 5.82 Å². The highest BCUT2D eigenvalue weighted by molar-refractivity contribution is 5.77. The van der Waals surface area contributed by atoms with Crippen molar-refractivity contribution in [2.45, 2.75) is 45.2 Å². The number of benzene rings is 1. The van der Waals surface area contributed by atoms with Gasteiger partial charge in [0, 0.05) is 6.04 Å². The zero-order valence-corrected chi connectivity index (χ0v) is 11.6. The van der Waals surface area contributed by atoms with Crippen molar-refractivity contribution in [3.63, 3.8) is 0 Å². The van der Waals surface area contributed by atoms with Crippen LogP contribution in [0.2, 0.25) is 0 Å². The molecule has 1 aromatic rings. The minimum atomic E-state index is -0.921. The molecule has 0 radical (unpaired) electrons. The van der Waals surface area contributed by atoms with E-state index >= 15 is 0 Å². The molecule has 0 spiro atoms. The number of aliphatic carboxylic acids is 1. The molecule has 0 bridgehead atoms. The van der Waals surface area contributed by atoms with Gasteiger partial charge < -0.3 is 5.11 Å². The molecule has 0 saturated carbocycles. The number of carboxylic acid groups (broad SMARTS) is 1. The number of carbonyl (C=O) groups is 1. The van der Waals surface area contributed by atoms with Crippen molar-refractivity contribution >= 4 is 5.97 Å². The summed E-state index contributed by atoms with van der Waals surface area (Å²) in [4.78, 5) is 13.4. The Morgan fingerprint density at radius 2 is 2.21 bits per heavy atom. The monoisotopic (exact) mass is 265 g/mol. The molecule has 1 aliphatic carbocycles. The van der Waals surface area contributed by atoms with E-state index in [1.165, 1.54) is 6.07 Å². The molecule has 0 fully saturated rings. The first-order valence-electron chi connectivity index (χ1n) is 6.66. The van der Waals surface area contributed by atoms with Gasteiger partial charge in [-0.3, -0.25) is 9.69 Å². The lowest BCUT2D eigenvalue weighted by atomic mass is 9.97. The number of likely N-dealkylation sites (N-methyl/N-ethyl adjacent to an activating group) is 1. The lowest BCUT2D eigenvalue weighted by molar-refractivity contribution is -0.151. The van der Waals surface area contributed by atoms with Crippen LogP contribution in [0.15, 0.2) is 18.2 Å². The Hall–Kier alpha value is -1.42. The van der Waals surface area contributed by atoms with Gasteiger partial charge in [0.25, 0.3) is 0 Å². The van der Waals surface area contributed by atoms with E-state index in [9.17, 15) is 14.3 Å². The summed E-state index contributed by atoms with van der Waals surface area (Å²) in [5.74, 6) is -1.05. The Morgan fingerprint density at radius 1 is 1.53 bits per heavy atom. The van der Waals surface area contributed by atoms with Crippen molar-refractivity contribution in [3.8, 4) is 0 Å². The normalized spacial score (nSPS) is 18.7. The molecule has 1 N–H and O–H groups in total. The largest absolute Gasteiger partial charge is 0.480 e. The van der Waals surface area contributed by atoms with Gasteiger partial charge in [-0.1, -0.05) is 13.0 Å². The summed E-state index contributed by atoms with van der Waals surface area (Å²) in [7, 11) is 0. The highest BCUT2D eigenvalue weighted by Gasteiger charge is 2.40. The first-order valence-corrected chi connectivity index (χ1v) is 6.66. The molecule has 2 rings (SSSR count). The number of halogens is 1. The second kappa shape index (κ2) is 4.93. The molecule has 1 unspecified atom stereocenters. The van der Waals surface area contributed by atoms with E-state index in [0.29, 0.717) is 6.54 Å². The number of rotatable bonds is 4. The molecule has 1 aromatic carbocycles. The highest BCUT2D eigenvalue weighted by Crippen LogP contribution is 2.39. The first kappa shape index (κ1) is 14.0. The van der Waals surface area contributed by atoms with Gasteiger partial charge in [0.2, 0.25) is 0 Å². The number of hydrogen-bond acceptors (Lipinski definition) is 2. The van der Waals surface area contributed by atoms with E-state index in [1.807, 2.05) is 11.8 Å². The fourth-order valence-corrected chi connectivity index (χ4v) is 3.02. The SMILES string of the molecule is CCN(C1CCc2cc(F)ccc21)C(C)(C)C(=O)O. The fraction of sp³-hybridized carbons (Fsp3) is 0.533. The summed E-state index contributed by atoms with van der Waals surface area (Å²) in [6.07, 6.45) is 1.66. The summed E-state index contributed by atoms with van der Waals surface area (Å²) >= 11 is 0. The smallest absolute Gasteiger partial charge is 0.323 e. The van der Waals surface area contributed by atoms with Crippen LogP contribution in [0.1, 0.15) is 44.4 Å². The predicted molar refractivity (Wildman–Crippen MR) is 71.6 cm³/mol. The van der Waals surface area contributed by atoms with Crippen LogP contribution in [0.25, 0.3) is 0 Å². The minimum Gasteiger partial charge on any atom is -0.480 e. The van der Waals surface area contributed by atoms with Crippen LogP contribution in [0.3, 0.4) is 0 Å². The maximum Gasteiger partial charge on any atom is 0.323 e. The van der Waals surface area contributed by atoms with Crippen LogP contribution in [-0.2, 0) is 11.2 Å². The molecule has 0 heterocycles. The molecular weight excluding hydrogens is 245 g/mol. The van der Waals surface area contributed by atoms with Gasteiger partial charge >= 0.3 is 5.97 Å². The van der Waals surface area contributed by atoms with Crippen molar-refractivity contribution in [2.24, 2.45) is 0 Å². The standard InChI is InChI=1S/C15H20FNO2/c1-4-17(15(2,3)14(18)19)13-8-5-10-9-11(16)6-7-12(10)13/h6-7,9,13H,4-5,8H2,1-3H3,(H,18,19). The number of fused-ring (bicyclic) bond motifs is 1. The zero-order chi connectivity index (χ0) is 14.2. The number of aryl methyl sites for hydroxylation is 1. The van der Waals surface area contributed by atoms with Gasteiger partial charge in [0.05, 0.1) is 0 Å². The molecule has 4 heteroatoms. The van der Waals surface area contributed by atoms with E-state index in [2.05, 4.69) is 0 Å². The maximum absolute atomic E-state index is 13.2. The number of hydrogen-bond donors (Lipinski definition) is 1. The predicted octanol–water partition coefficient (Wildman–Crippen LogP) is 3.00. The molecule has 19 heavy (non-hydrogen) atoms. The third-order valence-electron chi connectivity index (χ3n) is 4.11. The van der Waals surface area contributed by atoms with Gasteiger partial charge in [-0.2, -0.15) is 0 Å². The topological polar surface area (TPSA) is 40.5 Å². The van der Waals surface area contributed by atoms with E-state index in [4.69, 9.17) is 0 Å². The van der Waals surface area contributed by atoms with Crippen LogP contribution in [0.4, 0.5) is 4.39 Å². The highest BCUT2D eigenvalue weighted by atomic mass is 19.1. The second-order valence-corrected chi connectivity index (χ2v) is 5.55. The van der Waals surface area contributed by atoms with Gasteiger partial charge in [-0.05, 0) is 56.5 Å². The molecular formula is C15H20FNO2. The summed E-state index contributed by atoms with van der Waals surface area (Å²) in [5.41, 5.74) is 1.15.